The van der Waals surface area contributed by atoms with Crippen LogP contribution in [-0.2, 0) is 14.3 Å². The Balaban J connectivity index is 1.88. The molecule has 156 valence electrons. The molecule has 0 unspecified atom stereocenters. The summed E-state index contributed by atoms with van der Waals surface area (Å²) in [4.78, 5) is 30.3. The molecule has 0 bridgehead atoms. The van der Waals surface area contributed by atoms with Gasteiger partial charge >= 0.3 is 0 Å². The number of rotatable bonds is 4. The van der Waals surface area contributed by atoms with Gasteiger partial charge in [0.15, 0.2) is 0 Å². The molecule has 30 heavy (non-hydrogen) atoms. The van der Waals surface area contributed by atoms with E-state index in [9.17, 15) is 9.59 Å². The van der Waals surface area contributed by atoms with Gasteiger partial charge in [-0.05, 0) is 48.7 Å². The zero-order valence-electron chi connectivity index (χ0n) is 17.2. The molecule has 0 N–H and O–H groups in total. The second-order valence-electron chi connectivity index (χ2n) is 7.38. The Kier molecular flexibility index (Phi) is 5.54. The van der Waals surface area contributed by atoms with Crippen LogP contribution in [0.3, 0.4) is 0 Å². The summed E-state index contributed by atoms with van der Waals surface area (Å²) >= 11 is 6.18. The summed E-state index contributed by atoms with van der Waals surface area (Å²) in [6.45, 7) is 6.11. The van der Waals surface area contributed by atoms with Crippen molar-refractivity contribution in [3.05, 3.63) is 63.8 Å². The Hall–Kier alpha value is -2.83. The van der Waals surface area contributed by atoms with E-state index in [0.717, 1.165) is 16.7 Å². The molecule has 0 aromatic heterocycles. The third kappa shape index (κ3) is 3.46. The molecule has 0 atom stereocenters. The molecule has 2 aliphatic heterocycles. The van der Waals surface area contributed by atoms with Crippen molar-refractivity contribution in [1.82, 2.24) is 4.90 Å². The Bertz CT molecular complexity index is 1060. The largest absolute Gasteiger partial charge is 0.495 e. The SMILES string of the molecule is COc1ccc(Cl)cc1N1C(=O)C(c2ccc(C)c(C)c2)=C(N2CCOCC2)C1=O. The number of hydrogen-bond donors (Lipinski definition) is 0. The van der Waals surface area contributed by atoms with Crippen molar-refractivity contribution in [2.45, 2.75) is 13.8 Å². The molecule has 2 heterocycles. The lowest BCUT2D eigenvalue weighted by Crippen LogP contribution is -2.40. The third-order valence-corrected chi connectivity index (χ3v) is 5.80. The molecule has 2 aromatic rings. The van der Waals surface area contributed by atoms with Crippen molar-refractivity contribution in [2.24, 2.45) is 0 Å². The molecule has 0 saturated carbocycles. The van der Waals surface area contributed by atoms with E-state index < -0.39 is 0 Å². The molecule has 1 fully saturated rings. The van der Waals surface area contributed by atoms with Crippen LogP contribution in [0.15, 0.2) is 42.1 Å². The van der Waals surface area contributed by atoms with Crippen LogP contribution in [0.5, 0.6) is 5.75 Å². The van der Waals surface area contributed by atoms with Crippen LogP contribution in [-0.4, -0.2) is 50.1 Å². The number of amides is 2. The first-order chi connectivity index (χ1) is 14.4. The molecule has 6 nitrogen and oxygen atoms in total. The van der Waals surface area contributed by atoms with E-state index in [1.165, 1.54) is 12.0 Å². The van der Waals surface area contributed by atoms with Crippen LogP contribution < -0.4 is 9.64 Å². The van der Waals surface area contributed by atoms with Crippen LogP contribution in [0, 0.1) is 13.8 Å². The predicted octanol–water partition coefficient (Wildman–Crippen LogP) is 3.58. The lowest BCUT2D eigenvalue weighted by molar-refractivity contribution is -0.121. The predicted molar refractivity (Wildman–Crippen MR) is 116 cm³/mol. The number of benzene rings is 2. The van der Waals surface area contributed by atoms with Gasteiger partial charge in [0.1, 0.15) is 11.4 Å². The quantitative estimate of drug-likeness (QED) is 0.699. The standard InChI is InChI=1S/C23H23ClN2O4/c1-14-4-5-16(12-15(14)2)20-21(25-8-10-30-11-9-25)23(28)26(22(20)27)18-13-17(24)6-7-19(18)29-3/h4-7,12-13H,8-11H2,1-3H3. The monoisotopic (exact) mass is 426 g/mol. The van der Waals surface area contributed by atoms with Gasteiger partial charge in [0.25, 0.3) is 11.8 Å². The maximum absolute atomic E-state index is 13.6. The van der Waals surface area contributed by atoms with Crippen molar-refractivity contribution in [1.29, 1.82) is 0 Å². The van der Waals surface area contributed by atoms with Gasteiger partial charge in [-0.15, -0.1) is 0 Å². The summed E-state index contributed by atoms with van der Waals surface area (Å²) in [5.74, 6) is -0.357. The van der Waals surface area contributed by atoms with Crippen molar-refractivity contribution < 1.29 is 19.1 Å². The molecular weight excluding hydrogens is 404 g/mol. The van der Waals surface area contributed by atoms with Gasteiger partial charge in [-0.25, -0.2) is 4.90 Å². The minimum absolute atomic E-state index is 0.338. The first-order valence-electron chi connectivity index (χ1n) is 9.79. The number of halogens is 1. The second-order valence-corrected chi connectivity index (χ2v) is 7.82. The van der Waals surface area contributed by atoms with Crippen LogP contribution >= 0.6 is 11.6 Å². The molecule has 2 aromatic carbocycles. The first kappa shape index (κ1) is 20.4. The Labute approximate surface area is 180 Å². The van der Waals surface area contributed by atoms with Gasteiger partial charge in [0.2, 0.25) is 0 Å². The number of nitrogens with zero attached hydrogens (tertiary/aromatic N) is 2. The molecule has 0 radical (unpaired) electrons. The highest BCUT2D eigenvalue weighted by Gasteiger charge is 2.43. The Morgan fingerprint density at radius 2 is 1.70 bits per heavy atom. The minimum Gasteiger partial charge on any atom is -0.495 e. The topological polar surface area (TPSA) is 59.1 Å². The van der Waals surface area contributed by atoms with Crippen molar-refractivity contribution >= 4 is 34.7 Å². The fourth-order valence-electron chi connectivity index (χ4n) is 3.81. The van der Waals surface area contributed by atoms with Crippen LogP contribution in [0.25, 0.3) is 5.57 Å². The number of carbonyl (C=O) groups excluding carboxylic acids is 2. The fraction of sp³-hybridized carbons (Fsp3) is 0.304. The molecule has 0 aliphatic carbocycles. The summed E-state index contributed by atoms with van der Waals surface area (Å²) in [6.07, 6.45) is 0. The molecule has 4 rings (SSSR count). The third-order valence-electron chi connectivity index (χ3n) is 5.56. The minimum atomic E-state index is -0.384. The number of morpholine rings is 1. The summed E-state index contributed by atoms with van der Waals surface area (Å²) in [5.41, 5.74) is 4.03. The summed E-state index contributed by atoms with van der Waals surface area (Å²) < 4.78 is 10.9. The fourth-order valence-corrected chi connectivity index (χ4v) is 3.98. The maximum Gasteiger partial charge on any atom is 0.282 e. The van der Waals surface area contributed by atoms with Crippen molar-refractivity contribution in [3.63, 3.8) is 0 Å². The highest BCUT2D eigenvalue weighted by molar-refractivity contribution is 6.46. The summed E-state index contributed by atoms with van der Waals surface area (Å²) in [6, 6.07) is 10.7. The second kappa shape index (κ2) is 8.13. The molecule has 2 amide bonds. The first-order valence-corrected chi connectivity index (χ1v) is 10.2. The molecule has 1 saturated heterocycles. The average molecular weight is 427 g/mol. The lowest BCUT2D eigenvalue weighted by Gasteiger charge is -2.29. The van der Waals surface area contributed by atoms with E-state index in [4.69, 9.17) is 21.1 Å². The summed E-state index contributed by atoms with van der Waals surface area (Å²) in [5, 5.41) is 0.416. The van der Waals surface area contributed by atoms with Gasteiger partial charge in [-0.1, -0.05) is 29.8 Å². The van der Waals surface area contributed by atoms with E-state index in [-0.39, 0.29) is 11.8 Å². The average Bonchev–Trinajstić information content (AvgIpc) is 3.00. The lowest BCUT2D eigenvalue weighted by atomic mass is 9.99. The van der Waals surface area contributed by atoms with E-state index in [1.807, 2.05) is 36.9 Å². The Morgan fingerprint density at radius 1 is 0.967 bits per heavy atom. The van der Waals surface area contributed by atoms with Gasteiger partial charge in [0, 0.05) is 18.1 Å². The number of carbonyl (C=O) groups is 2. The molecule has 2 aliphatic rings. The van der Waals surface area contributed by atoms with Gasteiger partial charge in [0.05, 0.1) is 31.6 Å². The maximum atomic E-state index is 13.6. The number of ether oxygens (including phenoxy) is 2. The highest BCUT2D eigenvalue weighted by atomic mass is 35.5. The number of aryl methyl sites for hydroxylation is 2. The van der Waals surface area contributed by atoms with E-state index in [2.05, 4.69) is 0 Å². The van der Waals surface area contributed by atoms with Crippen LogP contribution in [0.1, 0.15) is 16.7 Å². The van der Waals surface area contributed by atoms with E-state index in [0.29, 0.717) is 54.0 Å². The number of anilines is 1. The van der Waals surface area contributed by atoms with Crippen molar-refractivity contribution in [2.75, 3.05) is 38.3 Å². The number of methoxy groups -OCH3 is 1. The smallest absolute Gasteiger partial charge is 0.282 e. The zero-order valence-corrected chi connectivity index (χ0v) is 18.0. The Morgan fingerprint density at radius 3 is 2.37 bits per heavy atom. The number of imide groups is 1. The molecule has 0 spiro atoms. The van der Waals surface area contributed by atoms with E-state index >= 15 is 0 Å². The molecule has 7 heteroatoms. The number of hydrogen-bond acceptors (Lipinski definition) is 5. The van der Waals surface area contributed by atoms with Crippen molar-refractivity contribution in [3.8, 4) is 5.75 Å². The van der Waals surface area contributed by atoms with Gasteiger partial charge in [-0.3, -0.25) is 9.59 Å². The van der Waals surface area contributed by atoms with E-state index in [1.54, 1.807) is 18.2 Å². The molecular formula is C23H23ClN2O4. The van der Waals surface area contributed by atoms with Crippen LogP contribution in [0.2, 0.25) is 5.02 Å². The van der Waals surface area contributed by atoms with Gasteiger partial charge in [-0.2, -0.15) is 0 Å². The van der Waals surface area contributed by atoms with Crippen LogP contribution in [0.4, 0.5) is 5.69 Å². The zero-order chi connectivity index (χ0) is 21.4. The summed E-state index contributed by atoms with van der Waals surface area (Å²) in [7, 11) is 1.50. The normalized spacial score (nSPS) is 17.2. The highest BCUT2D eigenvalue weighted by Crippen LogP contribution is 2.40. The van der Waals surface area contributed by atoms with Gasteiger partial charge < -0.3 is 14.4 Å².